The summed E-state index contributed by atoms with van der Waals surface area (Å²) >= 11 is 7.75. The molecule has 2 aromatic heterocycles. The van der Waals surface area contributed by atoms with Crippen LogP contribution in [-0.2, 0) is 10.0 Å². The summed E-state index contributed by atoms with van der Waals surface area (Å²) in [4.78, 5) is 22.3. The topological polar surface area (TPSA) is 130 Å². The summed E-state index contributed by atoms with van der Waals surface area (Å²) in [6.45, 7) is -2.86. The minimum absolute atomic E-state index is 0.0487. The summed E-state index contributed by atoms with van der Waals surface area (Å²) in [5.41, 5.74) is 1.03. The van der Waals surface area contributed by atoms with Crippen LogP contribution in [0.15, 0.2) is 81.9 Å². The van der Waals surface area contributed by atoms with Gasteiger partial charge < -0.3 is 10.0 Å². The predicted molar refractivity (Wildman–Crippen MR) is 152 cm³/mol. The number of carboxylic acid groups (broad SMARTS) is 1. The maximum atomic E-state index is 14.0. The van der Waals surface area contributed by atoms with Crippen molar-refractivity contribution in [1.29, 1.82) is 0 Å². The van der Waals surface area contributed by atoms with Crippen molar-refractivity contribution >= 4 is 50.3 Å². The van der Waals surface area contributed by atoms with E-state index in [1.807, 2.05) is 0 Å². The van der Waals surface area contributed by atoms with E-state index in [0.717, 1.165) is 12.3 Å². The molecule has 0 amide bonds. The zero-order valence-electron chi connectivity index (χ0n) is 21.7. The molecular formula is C27H20ClF3N6O4S2. The highest BCUT2D eigenvalue weighted by Gasteiger charge is 2.42. The minimum Gasteiger partial charge on any atom is -0.478 e. The van der Waals surface area contributed by atoms with E-state index in [4.69, 9.17) is 16.6 Å². The molecule has 1 fully saturated rings. The molecule has 222 valence electrons. The predicted octanol–water partition coefficient (Wildman–Crippen LogP) is 5.19. The van der Waals surface area contributed by atoms with Gasteiger partial charge in [0.15, 0.2) is 10.8 Å². The molecule has 0 radical (unpaired) electrons. The van der Waals surface area contributed by atoms with E-state index in [9.17, 15) is 31.5 Å². The van der Waals surface area contributed by atoms with Gasteiger partial charge in [0.2, 0.25) is 10.0 Å². The number of nitrogens with zero attached hydrogens (tertiary/aromatic N) is 5. The number of aromatic nitrogens is 3. The standard InChI is InChI=1S/C27H20ClF3N6O4S2/c28-18-11-14(29)5-6-16(18)23-22(19-7-9-37(34-19)27(30)31)20-12-15(13-36(20)24(33-23)25-32-8-10-42-25)35-43(40,41)21-4-2-1-3-17(21)26(38)39/h1-11,15,23,27,35H,12-13H2,(H,38,39)/t15-,23-/m0/s1. The van der Waals surface area contributed by atoms with Crippen LogP contribution in [0.2, 0.25) is 5.02 Å². The molecule has 0 spiro atoms. The Labute approximate surface area is 251 Å². The van der Waals surface area contributed by atoms with Crippen LogP contribution in [0.4, 0.5) is 13.2 Å². The summed E-state index contributed by atoms with van der Waals surface area (Å²) < 4.78 is 71.0. The van der Waals surface area contributed by atoms with Crippen molar-refractivity contribution in [3.63, 3.8) is 0 Å². The van der Waals surface area contributed by atoms with E-state index in [-0.39, 0.29) is 29.2 Å². The summed E-state index contributed by atoms with van der Waals surface area (Å²) in [5, 5.41) is 15.9. The largest absolute Gasteiger partial charge is 0.478 e. The van der Waals surface area contributed by atoms with Crippen LogP contribution in [-0.4, -0.2) is 57.6 Å². The molecule has 2 atom stereocenters. The molecule has 0 aliphatic carbocycles. The number of fused-ring (bicyclic) bond motifs is 1. The van der Waals surface area contributed by atoms with Crippen LogP contribution in [0.3, 0.4) is 0 Å². The van der Waals surface area contributed by atoms with E-state index in [1.54, 1.807) is 16.5 Å². The van der Waals surface area contributed by atoms with E-state index < -0.39 is 45.3 Å². The minimum atomic E-state index is -4.31. The molecule has 2 aliphatic heterocycles. The van der Waals surface area contributed by atoms with E-state index in [1.165, 1.54) is 53.8 Å². The first-order valence-electron chi connectivity index (χ1n) is 12.6. The number of amidine groups is 1. The lowest BCUT2D eigenvalue weighted by Crippen LogP contribution is -2.39. The second-order valence-electron chi connectivity index (χ2n) is 9.61. The third kappa shape index (κ3) is 5.44. The third-order valence-corrected chi connectivity index (χ3v) is 9.63. The van der Waals surface area contributed by atoms with Crippen molar-refractivity contribution in [1.82, 2.24) is 24.4 Å². The van der Waals surface area contributed by atoms with Gasteiger partial charge in [0.05, 0.1) is 16.2 Å². The lowest BCUT2D eigenvalue weighted by atomic mass is 9.92. The zero-order valence-corrected chi connectivity index (χ0v) is 24.1. The lowest BCUT2D eigenvalue weighted by molar-refractivity contribution is 0.0564. The van der Waals surface area contributed by atoms with Gasteiger partial charge in [-0.3, -0.25) is 4.99 Å². The first-order valence-corrected chi connectivity index (χ1v) is 15.4. The number of sulfonamides is 1. The molecule has 2 N–H and O–H groups in total. The monoisotopic (exact) mass is 648 g/mol. The number of aliphatic imine (C=N–C) groups is 1. The average molecular weight is 649 g/mol. The van der Waals surface area contributed by atoms with Gasteiger partial charge in [-0.2, -0.15) is 13.9 Å². The molecule has 43 heavy (non-hydrogen) atoms. The summed E-state index contributed by atoms with van der Waals surface area (Å²) in [7, 11) is -4.31. The second kappa shape index (κ2) is 11.2. The molecule has 0 bridgehead atoms. The number of carboxylic acids is 1. The molecule has 6 rings (SSSR count). The van der Waals surface area contributed by atoms with E-state index >= 15 is 0 Å². The molecular weight excluding hydrogens is 629 g/mol. The van der Waals surface area contributed by atoms with Crippen LogP contribution in [0, 0.1) is 5.82 Å². The number of nitrogens with one attached hydrogen (secondary N) is 1. The summed E-state index contributed by atoms with van der Waals surface area (Å²) in [6, 6.07) is 8.68. The Balaban J connectivity index is 1.49. The molecule has 2 aliphatic rings. The number of carbonyl (C=O) groups is 1. The number of hydrogen-bond acceptors (Lipinski definition) is 8. The molecule has 16 heteroatoms. The van der Waals surface area contributed by atoms with E-state index in [0.29, 0.717) is 32.4 Å². The Kier molecular flexibility index (Phi) is 7.58. The van der Waals surface area contributed by atoms with Gasteiger partial charge in [-0.1, -0.05) is 29.8 Å². The first kappa shape index (κ1) is 29.0. The lowest BCUT2D eigenvalue weighted by Gasteiger charge is -2.32. The Morgan fingerprint density at radius 2 is 1.98 bits per heavy atom. The fraction of sp³-hybridized carbons (Fsp3) is 0.185. The number of rotatable bonds is 8. The smallest absolute Gasteiger partial charge is 0.337 e. The van der Waals surface area contributed by atoms with E-state index in [2.05, 4.69) is 14.8 Å². The number of benzene rings is 2. The third-order valence-electron chi connectivity index (χ3n) is 6.95. The fourth-order valence-electron chi connectivity index (χ4n) is 5.19. The molecule has 4 heterocycles. The summed E-state index contributed by atoms with van der Waals surface area (Å²) in [5.74, 6) is -1.61. The number of hydrogen-bond donors (Lipinski definition) is 2. The number of thiazole rings is 1. The van der Waals surface area contributed by atoms with Crippen LogP contribution in [0.25, 0.3) is 5.57 Å². The van der Waals surface area contributed by atoms with Gasteiger partial charge in [-0.15, -0.1) is 11.3 Å². The van der Waals surface area contributed by atoms with Crippen LogP contribution < -0.4 is 4.72 Å². The van der Waals surface area contributed by atoms with Gasteiger partial charge in [0.25, 0.3) is 0 Å². The van der Waals surface area contributed by atoms with Crippen LogP contribution >= 0.6 is 22.9 Å². The van der Waals surface area contributed by atoms with Crippen LogP contribution in [0.5, 0.6) is 0 Å². The Morgan fingerprint density at radius 3 is 2.65 bits per heavy atom. The Morgan fingerprint density at radius 1 is 1.19 bits per heavy atom. The normalized spacial score (nSPS) is 18.7. The van der Waals surface area contributed by atoms with Crippen molar-refractivity contribution < 1.29 is 31.5 Å². The molecule has 4 aromatic rings. The molecule has 0 unspecified atom stereocenters. The molecule has 10 nitrogen and oxygen atoms in total. The van der Waals surface area contributed by atoms with Gasteiger partial charge in [-0.05, 0) is 30.3 Å². The highest BCUT2D eigenvalue weighted by Crippen LogP contribution is 2.46. The van der Waals surface area contributed by atoms with Crippen molar-refractivity contribution in [2.45, 2.75) is 29.9 Å². The van der Waals surface area contributed by atoms with Gasteiger partial charge in [0.1, 0.15) is 11.9 Å². The molecule has 1 saturated heterocycles. The molecule has 0 saturated carbocycles. The maximum Gasteiger partial charge on any atom is 0.337 e. The van der Waals surface area contributed by atoms with Crippen LogP contribution in [0.1, 0.15) is 45.6 Å². The van der Waals surface area contributed by atoms with Crippen molar-refractivity contribution in [3.8, 4) is 0 Å². The highest BCUT2D eigenvalue weighted by molar-refractivity contribution is 7.89. The quantitative estimate of drug-likeness (QED) is 0.269. The van der Waals surface area contributed by atoms with Gasteiger partial charge in [-0.25, -0.2) is 32.0 Å². The highest BCUT2D eigenvalue weighted by atomic mass is 35.5. The maximum absolute atomic E-state index is 14.0. The fourth-order valence-corrected chi connectivity index (χ4v) is 7.53. The number of alkyl halides is 2. The average Bonchev–Trinajstić information content (AvgIpc) is 3.73. The first-order chi connectivity index (χ1) is 20.5. The second-order valence-corrected chi connectivity index (χ2v) is 12.6. The van der Waals surface area contributed by atoms with Crippen molar-refractivity contribution in [3.05, 3.63) is 105 Å². The zero-order chi connectivity index (χ0) is 30.5. The summed E-state index contributed by atoms with van der Waals surface area (Å²) in [6.07, 6.45) is 2.75. The van der Waals surface area contributed by atoms with Crippen molar-refractivity contribution in [2.24, 2.45) is 4.99 Å². The molecule has 2 aromatic carbocycles. The SMILES string of the molecule is O=C(O)c1ccccc1S(=O)(=O)N[C@H]1CC2=C(c3ccn(C(F)F)n3)[C@H](c3ccc(F)cc3Cl)N=C(c3nccs3)N2C1. The number of aromatic carboxylic acids is 1. The van der Waals surface area contributed by atoms with Crippen molar-refractivity contribution in [2.75, 3.05) is 6.54 Å². The number of halogens is 4. The Hall–Kier alpha value is -4.05. The van der Waals surface area contributed by atoms with Gasteiger partial charge in [0, 0.05) is 58.6 Å². The Bertz CT molecular complexity index is 1900. The van der Waals surface area contributed by atoms with Gasteiger partial charge >= 0.3 is 12.5 Å².